The van der Waals surface area contributed by atoms with Crippen LogP contribution in [-0.2, 0) is 0 Å². The number of pyridine rings is 1. The fourth-order valence-electron chi connectivity index (χ4n) is 2.53. The lowest BCUT2D eigenvalue weighted by Crippen LogP contribution is -2.28. The lowest BCUT2D eigenvalue weighted by Gasteiger charge is -2.24. The quantitative estimate of drug-likeness (QED) is 0.878. The van der Waals surface area contributed by atoms with E-state index in [4.69, 9.17) is 5.73 Å². The minimum absolute atomic E-state index is 0.0268. The van der Waals surface area contributed by atoms with Gasteiger partial charge in [0.05, 0.1) is 23.2 Å². The number of rotatable bonds is 3. The Morgan fingerprint density at radius 1 is 1.42 bits per heavy atom. The summed E-state index contributed by atoms with van der Waals surface area (Å²) < 4.78 is 0. The second kappa shape index (κ2) is 5.88. The van der Waals surface area contributed by atoms with Crippen LogP contribution in [0.5, 0.6) is 0 Å². The highest BCUT2D eigenvalue weighted by Gasteiger charge is 2.25. The zero-order valence-electron chi connectivity index (χ0n) is 12.0. The summed E-state index contributed by atoms with van der Waals surface area (Å²) in [6, 6.07) is 4.14. The summed E-state index contributed by atoms with van der Waals surface area (Å²) in [4.78, 5) is 6.76. The van der Waals surface area contributed by atoms with Crippen molar-refractivity contribution in [3.05, 3.63) is 24.0 Å². The molecular formula is C15H25N3O. The van der Waals surface area contributed by atoms with Gasteiger partial charge in [0, 0.05) is 19.1 Å². The lowest BCUT2D eigenvalue weighted by molar-refractivity contribution is 0.0481. The number of nitrogens with zero attached hydrogens (tertiary/aromatic N) is 2. The molecule has 1 fully saturated rings. The molecule has 19 heavy (non-hydrogen) atoms. The second-order valence-electron chi connectivity index (χ2n) is 5.79. The van der Waals surface area contributed by atoms with E-state index in [0.717, 1.165) is 50.2 Å². The van der Waals surface area contributed by atoms with E-state index in [0.29, 0.717) is 0 Å². The van der Waals surface area contributed by atoms with E-state index < -0.39 is 5.60 Å². The molecule has 0 radical (unpaired) electrons. The Kier molecular flexibility index (Phi) is 4.42. The number of anilines is 1. The third kappa shape index (κ3) is 3.67. The molecule has 3 N–H and O–H groups in total. The van der Waals surface area contributed by atoms with Gasteiger partial charge in [-0.2, -0.15) is 0 Å². The van der Waals surface area contributed by atoms with Crippen LogP contribution in [0.3, 0.4) is 0 Å². The Labute approximate surface area is 115 Å². The van der Waals surface area contributed by atoms with Gasteiger partial charge in [0.1, 0.15) is 0 Å². The maximum absolute atomic E-state index is 10.1. The molecule has 1 saturated heterocycles. The maximum atomic E-state index is 10.1. The van der Waals surface area contributed by atoms with Crippen LogP contribution < -0.4 is 10.6 Å². The van der Waals surface area contributed by atoms with E-state index in [-0.39, 0.29) is 6.04 Å². The van der Waals surface area contributed by atoms with Gasteiger partial charge in [0.15, 0.2) is 0 Å². The van der Waals surface area contributed by atoms with E-state index in [1.54, 1.807) is 0 Å². The Hall–Kier alpha value is -1.13. The van der Waals surface area contributed by atoms with Gasteiger partial charge >= 0.3 is 0 Å². The average Bonchev–Trinajstić information content (AvgIpc) is 2.59. The van der Waals surface area contributed by atoms with Crippen LogP contribution >= 0.6 is 0 Å². The van der Waals surface area contributed by atoms with E-state index >= 15 is 0 Å². The first-order valence-electron chi connectivity index (χ1n) is 7.21. The molecule has 0 aliphatic carbocycles. The highest BCUT2D eigenvalue weighted by atomic mass is 16.3. The van der Waals surface area contributed by atoms with E-state index in [9.17, 15) is 5.11 Å². The summed E-state index contributed by atoms with van der Waals surface area (Å²) in [6.45, 7) is 5.86. The molecule has 106 valence electrons. The second-order valence-corrected chi connectivity index (χ2v) is 5.79. The molecule has 4 nitrogen and oxygen atoms in total. The molecule has 2 heterocycles. The number of aromatic nitrogens is 1. The lowest BCUT2D eigenvalue weighted by atomic mass is 9.98. The van der Waals surface area contributed by atoms with Gasteiger partial charge in [0.2, 0.25) is 0 Å². The molecule has 0 saturated carbocycles. The fraction of sp³-hybridized carbons (Fsp3) is 0.667. The van der Waals surface area contributed by atoms with Gasteiger partial charge in [-0.3, -0.25) is 4.98 Å². The number of hydrogen-bond donors (Lipinski definition) is 2. The first-order valence-corrected chi connectivity index (χ1v) is 7.21. The molecule has 0 spiro atoms. The smallest absolute Gasteiger partial charge is 0.0637 e. The zero-order valence-corrected chi connectivity index (χ0v) is 12.0. The van der Waals surface area contributed by atoms with Gasteiger partial charge in [-0.25, -0.2) is 0 Å². The molecule has 1 aromatic heterocycles. The fourth-order valence-corrected chi connectivity index (χ4v) is 2.53. The summed E-state index contributed by atoms with van der Waals surface area (Å²) in [5.74, 6) is 0. The van der Waals surface area contributed by atoms with Gasteiger partial charge in [-0.1, -0.05) is 6.92 Å². The van der Waals surface area contributed by atoms with Crippen molar-refractivity contribution in [1.29, 1.82) is 0 Å². The molecule has 4 heteroatoms. The van der Waals surface area contributed by atoms with Gasteiger partial charge < -0.3 is 15.7 Å². The van der Waals surface area contributed by atoms with Crippen molar-refractivity contribution in [2.45, 2.75) is 51.2 Å². The molecule has 0 amide bonds. The Bertz CT molecular complexity index is 402. The molecule has 0 aromatic carbocycles. The summed E-state index contributed by atoms with van der Waals surface area (Å²) in [6.07, 6.45) is 5.51. The standard InChI is InChI=1S/C15H25N3O/c1-3-13(16)14-6-5-12(11-17-14)18-9-4-7-15(2,19)8-10-18/h5-6,11,13,19H,3-4,7-10,16H2,1-2H3/t13-,15?/m0/s1. The molecule has 1 aliphatic rings. The number of nitrogens with two attached hydrogens (primary N) is 1. The molecule has 0 bridgehead atoms. The van der Waals surface area contributed by atoms with Crippen LogP contribution in [0.2, 0.25) is 0 Å². The van der Waals surface area contributed by atoms with Crippen molar-refractivity contribution >= 4 is 5.69 Å². The van der Waals surface area contributed by atoms with Crippen molar-refractivity contribution in [3.63, 3.8) is 0 Å². The minimum atomic E-state index is -0.521. The van der Waals surface area contributed by atoms with Crippen LogP contribution in [0.1, 0.15) is 51.3 Å². The molecule has 1 aromatic rings. The minimum Gasteiger partial charge on any atom is -0.390 e. The third-order valence-electron chi connectivity index (χ3n) is 4.02. The van der Waals surface area contributed by atoms with Crippen molar-refractivity contribution in [3.8, 4) is 0 Å². The Morgan fingerprint density at radius 2 is 2.21 bits per heavy atom. The summed E-state index contributed by atoms with van der Waals surface area (Å²) >= 11 is 0. The Balaban J connectivity index is 2.05. The molecule has 2 atom stereocenters. The highest BCUT2D eigenvalue weighted by molar-refractivity contribution is 5.45. The van der Waals surface area contributed by atoms with Gasteiger partial charge in [-0.15, -0.1) is 0 Å². The van der Waals surface area contributed by atoms with Crippen molar-refractivity contribution in [2.24, 2.45) is 5.73 Å². The van der Waals surface area contributed by atoms with Crippen molar-refractivity contribution in [2.75, 3.05) is 18.0 Å². The SMILES string of the molecule is CC[C@H](N)c1ccc(N2CCCC(C)(O)CC2)cn1. The van der Waals surface area contributed by atoms with Crippen molar-refractivity contribution in [1.82, 2.24) is 4.98 Å². The topological polar surface area (TPSA) is 62.4 Å². The summed E-state index contributed by atoms with van der Waals surface area (Å²) in [5.41, 5.74) is 7.53. The predicted molar refractivity (Wildman–Crippen MR) is 78.1 cm³/mol. The highest BCUT2D eigenvalue weighted by Crippen LogP contribution is 2.25. The third-order valence-corrected chi connectivity index (χ3v) is 4.02. The van der Waals surface area contributed by atoms with Crippen LogP contribution in [0.4, 0.5) is 5.69 Å². The normalized spacial score (nSPS) is 26.0. The maximum Gasteiger partial charge on any atom is 0.0637 e. The first kappa shape index (κ1) is 14.3. The van der Waals surface area contributed by atoms with E-state index in [1.165, 1.54) is 0 Å². The van der Waals surface area contributed by atoms with Crippen LogP contribution in [0.15, 0.2) is 18.3 Å². The van der Waals surface area contributed by atoms with Crippen LogP contribution in [0.25, 0.3) is 0 Å². The molecule has 1 aliphatic heterocycles. The van der Waals surface area contributed by atoms with E-state index in [2.05, 4.69) is 22.9 Å². The van der Waals surface area contributed by atoms with Gasteiger partial charge in [-0.05, 0) is 44.7 Å². The molecule has 1 unspecified atom stereocenters. The largest absolute Gasteiger partial charge is 0.390 e. The zero-order chi connectivity index (χ0) is 13.9. The van der Waals surface area contributed by atoms with Crippen molar-refractivity contribution < 1.29 is 5.11 Å². The van der Waals surface area contributed by atoms with E-state index in [1.807, 2.05) is 19.2 Å². The summed E-state index contributed by atoms with van der Waals surface area (Å²) in [5, 5.41) is 10.1. The molecular weight excluding hydrogens is 238 g/mol. The number of aliphatic hydroxyl groups is 1. The average molecular weight is 263 g/mol. The van der Waals surface area contributed by atoms with Crippen LogP contribution in [0, 0.1) is 0 Å². The summed E-state index contributed by atoms with van der Waals surface area (Å²) in [7, 11) is 0. The monoisotopic (exact) mass is 263 g/mol. The first-order chi connectivity index (χ1) is 9.02. The van der Waals surface area contributed by atoms with Gasteiger partial charge in [0.25, 0.3) is 0 Å². The van der Waals surface area contributed by atoms with Crippen LogP contribution in [-0.4, -0.2) is 28.8 Å². The molecule has 2 rings (SSSR count). The Morgan fingerprint density at radius 3 is 2.84 bits per heavy atom. The predicted octanol–water partition coefficient (Wildman–Crippen LogP) is 2.23. The number of hydrogen-bond acceptors (Lipinski definition) is 4.